The molecule has 0 aromatic heterocycles. The van der Waals surface area contributed by atoms with Crippen molar-refractivity contribution in [1.82, 2.24) is 14.9 Å². The Bertz CT molecular complexity index is 1540. The third-order valence-corrected chi connectivity index (χ3v) is 9.85. The number of nitrogens with zero attached hydrogens (tertiary/aromatic N) is 1. The lowest BCUT2D eigenvalue weighted by atomic mass is 10.0. The molecule has 0 bridgehead atoms. The first-order valence-electron chi connectivity index (χ1n) is 13.5. The molecule has 1 saturated heterocycles. The number of hydrogen-bond acceptors (Lipinski definition) is 8. The number of sulfone groups is 1. The van der Waals surface area contributed by atoms with Gasteiger partial charge in [0.15, 0.2) is 15.8 Å². The molecule has 0 aliphatic carbocycles. The first kappa shape index (κ1) is 33.5. The van der Waals surface area contributed by atoms with Crippen LogP contribution in [0.25, 0.3) is 0 Å². The number of nitrogens with one attached hydrogen (secondary N) is 4. The normalized spacial score (nSPS) is 16.3. The average Bonchev–Trinajstić information content (AvgIpc) is 3.44. The summed E-state index contributed by atoms with van der Waals surface area (Å²) in [6.45, 7) is 0.544. The van der Waals surface area contributed by atoms with Crippen molar-refractivity contribution in [3.05, 3.63) is 54.1 Å². The van der Waals surface area contributed by atoms with E-state index in [0.717, 1.165) is 10.6 Å². The van der Waals surface area contributed by atoms with Crippen molar-refractivity contribution in [2.75, 3.05) is 24.7 Å². The highest BCUT2D eigenvalue weighted by Gasteiger charge is 2.40. The second-order valence-electron chi connectivity index (χ2n) is 10.2. The van der Waals surface area contributed by atoms with Crippen LogP contribution in [0.5, 0.6) is 0 Å². The monoisotopic (exact) mass is 636 g/mol. The van der Waals surface area contributed by atoms with Crippen LogP contribution in [0.1, 0.15) is 37.7 Å². The minimum atomic E-state index is -4.16. The molecule has 0 saturated carbocycles. The highest BCUT2D eigenvalue weighted by molar-refractivity contribution is 7.90. The number of aliphatic carboxylic acids is 1. The quantitative estimate of drug-likeness (QED) is 0.0963. The number of sulfonamides is 1. The fraction of sp³-hybridized carbons (Fsp3) is 0.407. The predicted molar refractivity (Wildman–Crippen MR) is 159 cm³/mol. The molecule has 2 aromatic carbocycles. The van der Waals surface area contributed by atoms with Gasteiger partial charge < -0.3 is 26.8 Å². The molecule has 43 heavy (non-hydrogen) atoms. The number of hydrogen-bond donors (Lipinski definition) is 6. The van der Waals surface area contributed by atoms with Gasteiger partial charge in [-0.2, -0.15) is 4.31 Å². The summed E-state index contributed by atoms with van der Waals surface area (Å²) in [5.41, 5.74) is 6.29. The van der Waals surface area contributed by atoms with Crippen molar-refractivity contribution in [1.29, 1.82) is 5.41 Å². The van der Waals surface area contributed by atoms with Crippen LogP contribution in [0.15, 0.2) is 58.3 Å². The number of unbranched alkanes of at least 4 members (excludes halogenated alkanes) is 1. The summed E-state index contributed by atoms with van der Waals surface area (Å²) in [5.74, 6) is -2.37. The largest absolute Gasteiger partial charge is 0.480 e. The molecular weight excluding hydrogens is 600 g/mol. The molecule has 2 aromatic rings. The maximum atomic E-state index is 13.3. The van der Waals surface area contributed by atoms with Gasteiger partial charge in [-0.1, -0.05) is 12.1 Å². The van der Waals surface area contributed by atoms with Crippen molar-refractivity contribution in [3.8, 4) is 0 Å². The summed E-state index contributed by atoms with van der Waals surface area (Å²) >= 11 is 0. The lowest BCUT2D eigenvalue weighted by Gasteiger charge is -2.25. The number of guanidine groups is 1. The van der Waals surface area contributed by atoms with Crippen LogP contribution >= 0.6 is 0 Å². The smallest absolute Gasteiger partial charge is 0.326 e. The molecule has 1 aliphatic heterocycles. The Balaban J connectivity index is 1.60. The van der Waals surface area contributed by atoms with Gasteiger partial charge >= 0.3 is 5.97 Å². The fourth-order valence-electron chi connectivity index (χ4n) is 4.57. The van der Waals surface area contributed by atoms with Gasteiger partial charge in [-0.25, -0.2) is 21.6 Å². The van der Waals surface area contributed by atoms with E-state index in [2.05, 4.69) is 16.0 Å². The van der Waals surface area contributed by atoms with Gasteiger partial charge in [0.1, 0.15) is 12.1 Å². The van der Waals surface area contributed by atoms with Crippen molar-refractivity contribution in [2.24, 2.45) is 5.73 Å². The zero-order chi connectivity index (χ0) is 31.8. The Labute approximate surface area is 250 Å². The fourth-order valence-corrected chi connectivity index (χ4v) is 6.86. The molecule has 0 radical (unpaired) electrons. The molecule has 0 unspecified atom stereocenters. The number of amides is 2. The number of nitrogens with two attached hydrogens (primary N) is 1. The molecule has 234 valence electrons. The van der Waals surface area contributed by atoms with E-state index < -0.39 is 43.8 Å². The van der Waals surface area contributed by atoms with Gasteiger partial charge in [-0.3, -0.25) is 15.0 Å². The van der Waals surface area contributed by atoms with Crippen LogP contribution in [0.3, 0.4) is 0 Å². The number of carboxylic acid groups (broad SMARTS) is 1. The predicted octanol–water partition coefficient (Wildman–Crippen LogP) is 0.647. The van der Waals surface area contributed by atoms with Crippen LogP contribution in [-0.4, -0.2) is 81.4 Å². The van der Waals surface area contributed by atoms with Crippen LogP contribution in [0, 0.1) is 5.41 Å². The standard InChI is InChI=1S/C27H36N6O8S2/c1-42(38,39)20-11-13-21(14-12-20)43(40,41)33-16-4-5-23(33)25(35)32-22(26(36)37)17-18-7-9-19(10-8-18)31-24(34)6-2-3-15-30-27(28)29/h7-14,22-23H,2-6,15-17H2,1H3,(H,31,34)(H,32,35)(H,36,37)(H4,28,29,30)/t22-,23-/m0/s1. The second-order valence-corrected chi connectivity index (χ2v) is 14.1. The Kier molecular flexibility index (Phi) is 11.2. The Morgan fingerprint density at radius 2 is 1.65 bits per heavy atom. The SMILES string of the molecule is CS(=O)(=O)c1ccc(S(=O)(=O)N2CCC[C@H]2C(=O)N[C@@H](Cc2ccc(NC(=O)CCCCNC(=N)N)cc2)C(=O)O)cc1. The van der Waals surface area contributed by atoms with Crippen LogP contribution in [0.4, 0.5) is 5.69 Å². The third kappa shape index (κ3) is 9.49. The summed E-state index contributed by atoms with van der Waals surface area (Å²) in [6, 6.07) is 8.72. The van der Waals surface area contributed by atoms with E-state index in [-0.39, 0.29) is 47.5 Å². The molecule has 14 nitrogen and oxygen atoms in total. The first-order chi connectivity index (χ1) is 20.2. The molecule has 2 atom stereocenters. The summed E-state index contributed by atoms with van der Waals surface area (Å²) in [7, 11) is -7.69. The molecule has 1 heterocycles. The third-order valence-electron chi connectivity index (χ3n) is 6.80. The van der Waals surface area contributed by atoms with Crippen LogP contribution < -0.4 is 21.7 Å². The van der Waals surface area contributed by atoms with E-state index in [1.165, 1.54) is 24.3 Å². The van der Waals surface area contributed by atoms with E-state index in [1.54, 1.807) is 24.3 Å². The molecule has 1 fully saturated rings. The molecule has 0 spiro atoms. The first-order valence-corrected chi connectivity index (χ1v) is 16.8. The van der Waals surface area contributed by atoms with Crippen LogP contribution in [-0.2, 0) is 40.7 Å². The van der Waals surface area contributed by atoms with Gasteiger partial charge in [0.2, 0.25) is 21.8 Å². The summed E-state index contributed by atoms with van der Waals surface area (Å²) in [5, 5.41) is 24.7. The Morgan fingerprint density at radius 3 is 2.23 bits per heavy atom. The molecule has 7 N–H and O–H groups in total. The van der Waals surface area contributed by atoms with Crippen molar-refractivity contribution in [3.63, 3.8) is 0 Å². The number of carbonyl (C=O) groups excluding carboxylic acids is 2. The van der Waals surface area contributed by atoms with Crippen molar-refractivity contribution >= 4 is 49.3 Å². The highest BCUT2D eigenvalue weighted by Crippen LogP contribution is 2.27. The zero-order valence-electron chi connectivity index (χ0n) is 23.6. The van der Waals surface area contributed by atoms with Gasteiger partial charge in [0, 0.05) is 37.9 Å². The van der Waals surface area contributed by atoms with Crippen LogP contribution in [0.2, 0.25) is 0 Å². The Hall–Kier alpha value is -4.02. The second kappa shape index (κ2) is 14.4. The van der Waals surface area contributed by atoms with E-state index in [0.29, 0.717) is 37.1 Å². The van der Waals surface area contributed by atoms with E-state index in [9.17, 15) is 36.3 Å². The number of benzene rings is 2. The number of rotatable bonds is 14. The average molecular weight is 637 g/mol. The van der Waals surface area contributed by atoms with E-state index in [1.807, 2.05) is 0 Å². The number of carboxylic acids is 1. The molecule has 1 aliphatic rings. The minimum Gasteiger partial charge on any atom is -0.480 e. The van der Waals surface area contributed by atoms with Gasteiger partial charge in [0.25, 0.3) is 0 Å². The topological polar surface area (TPSA) is 229 Å². The highest BCUT2D eigenvalue weighted by atomic mass is 32.2. The van der Waals surface area contributed by atoms with Gasteiger partial charge in [-0.15, -0.1) is 0 Å². The van der Waals surface area contributed by atoms with Crippen molar-refractivity contribution in [2.45, 2.75) is 60.4 Å². The maximum Gasteiger partial charge on any atom is 0.326 e. The number of anilines is 1. The molecule has 2 amide bonds. The lowest BCUT2D eigenvalue weighted by Crippen LogP contribution is -2.51. The van der Waals surface area contributed by atoms with E-state index in [4.69, 9.17) is 11.1 Å². The van der Waals surface area contributed by atoms with Gasteiger partial charge in [0.05, 0.1) is 9.79 Å². The summed E-state index contributed by atoms with van der Waals surface area (Å²) in [6.07, 6.45) is 3.04. The molecule has 16 heteroatoms. The zero-order valence-corrected chi connectivity index (χ0v) is 25.2. The molecular formula is C27H36N6O8S2. The summed E-state index contributed by atoms with van der Waals surface area (Å²) < 4.78 is 51.0. The van der Waals surface area contributed by atoms with Gasteiger partial charge in [-0.05, 0) is 67.6 Å². The maximum absolute atomic E-state index is 13.3. The van der Waals surface area contributed by atoms with E-state index >= 15 is 0 Å². The summed E-state index contributed by atoms with van der Waals surface area (Å²) in [4.78, 5) is 37.1. The minimum absolute atomic E-state index is 0.0443. The lowest BCUT2D eigenvalue weighted by molar-refractivity contribution is -0.142. The van der Waals surface area contributed by atoms with Crippen molar-refractivity contribution < 1.29 is 36.3 Å². The Morgan fingerprint density at radius 1 is 1.02 bits per heavy atom. The molecule has 3 rings (SSSR count). The number of carbonyl (C=O) groups is 3.